The topological polar surface area (TPSA) is 29.0 Å². The van der Waals surface area contributed by atoms with E-state index in [1.54, 1.807) is 12.4 Å². The lowest BCUT2D eigenvalue weighted by molar-refractivity contribution is -0.0221. The van der Waals surface area contributed by atoms with E-state index < -0.39 is 5.92 Å². The lowest BCUT2D eigenvalue weighted by Crippen LogP contribution is -2.39. The maximum atomic E-state index is 13.1. The minimum absolute atomic E-state index is 0.113. The molecular formula is C13H13F2N3. The van der Waals surface area contributed by atoms with Gasteiger partial charge in [0.25, 0.3) is 5.92 Å². The van der Waals surface area contributed by atoms with Crippen LogP contribution in [0.1, 0.15) is 12.8 Å². The van der Waals surface area contributed by atoms with Crippen LogP contribution in [0.15, 0.2) is 30.6 Å². The second-order valence-corrected chi connectivity index (χ2v) is 4.55. The molecule has 94 valence electrons. The van der Waals surface area contributed by atoms with Crippen molar-refractivity contribution in [1.29, 1.82) is 0 Å². The normalized spacial score (nSPS) is 19.1. The molecule has 1 fully saturated rings. The summed E-state index contributed by atoms with van der Waals surface area (Å²) in [5.41, 5.74) is 0.783. The molecule has 0 aromatic carbocycles. The Hall–Kier alpha value is -1.78. The van der Waals surface area contributed by atoms with Crippen LogP contribution < -0.4 is 4.90 Å². The summed E-state index contributed by atoms with van der Waals surface area (Å²) in [6.07, 6.45) is 3.17. The van der Waals surface area contributed by atoms with Gasteiger partial charge in [0.05, 0.1) is 0 Å². The summed E-state index contributed by atoms with van der Waals surface area (Å²) in [5, 5.41) is 0.986. The number of piperidine rings is 1. The van der Waals surface area contributed by atoms with E-state index in [9.17, 15) is 8.78 Å². The highest BCUT2D eigenvalue weighted by molar-refractivity contribution is 5.88. The van der Waals surface area contributed by atoms with Crippen LogP contribution in [-0.2, 0) is 0 Å². The van der Waals surface area contributed by atoms with Crippen LogP contribution >= 0.6 is 0 Å². The molecule has 3 rings (SSSR count). The monoisotopic (exact) mass is 249 g/mol. The van der Waals surface area contributed by atoms with E-state index in [0.29, 0.717) is 18.9 Å². The molecule has 3 heterocycles. The van der Waals surface area contributed by atoms with Crippen molar-refractivity contribution in [2.45, 2.75) is 18.8 Å². The van der Waals surface area contributed by atoms with E-state index in [4.69, 9.17) is 0 Å². The number of pyridine rings is 2. The predicted octanol–water partition coefficient (Wildman–Crippen LogP) is 2.87. The number of aromatic nitrogens is 2. The molecule has 0 unspecified atom stereocenters. The Kier molecular flexibility index (Phi) is 2.61. The van der Waals surface area contributed by atoms with Gasteiger partial charge in [-0.1, -0.05) is 6.07 Å². The molecule has 0 radical (unpaired) electrons. The van der Waals surface area contributed by atoms with Crippen molar-refractivity contribution in [1.82, 2.24) is 9.97 Å². The van der Waals surface area contributed by atoms with Gasteiger partial charge >= 0.3 is 0 Å². The molecule has 1 aliphatic heterocycles. The predicted molar refractivity (Wildman–Crippen MR) is 65.9 cm³/mol. The van der Waals surface area contributed by atoms with E-state index in [-0.39, 0.29) is 12.8 Å². The first-order valence-corrected chi connectivity index (χ1v) is 5.98. The molecule has 2 aromatic rings. The quantitative estimate of drug-likeness (QED) is 0.778. The fraction of sp³-hybridized carbons (Fsp3) is 0.385. The molecule has 18 heavy (non-hydrogen) atoms. The molecule has 2 aromatic heterocycles. The summed E-state index contributed by atoms with van der Waals surface area (Å²) in [6, 6.07) is 5.69. The zero-order valence-electron chi connectivity index (χ0n) is 9.81. The highest BCUT2D eigenvalue weighted by Gasteiger charge is 2.34. The zero-order chi connectivity index (χ0) is 12.6. The zero-order valence-corrected chi connectivity index (χ0v) is 9.81. The van der Waals surface area contributed by atoms with Crippen molar-refractivity contribution in [3.8, 4) is 0 Å². The van der Waals surface area contributed by atoms with Gasteiger partial charge in [0.2, 0.25) is 0 Å². The minimum Gasteiger partial charge on any atom is -0.354 e. The van der Waals surface area contributed by atoms with E-state index >= 15 is 0 Å². The maximum absolute atomic E-state index is 13.1. The highest BCUT2D eigenvalue weighted by atomic mass is 19.3. The third-order valence-electron chi connectivity index (χ3n) is 3.30. The van der Waals surface area contributed by atoms with Crippen molar-refractivity contribution in [2.24, 2.45) is 0 Å². The molecule has 5 heteroatoms. The van der Waals surface area contributed by atoms with Gasteiger partial charge in [-0.3, -0.25) is 4.98 Å². The number of rotatable bonds is 1. The SMILES string of the molecule is FC1(F)CCN(c2nccc3cccnc23)CC1. The van der Waals surface area contributed by atoms with Crippen LogP contribution in [-0.4, -0.2) is 29.0 Å². The number of fused-ring (bicyclic) bond motifs is 1. The third-order valence-corrected chi connectivity index (χ3v) is 3.30. The maximum Gasteiger partial charge on any atom is 0.251 e. The molecule has 0 aliphatic carbocycles. The van der Waals surface area contributed by atoms with Gasteiger partial charge in [0.1, 0.15) is 5.52 Å². The summed E-state index contributed by atoms with van der Waals surface area (Å²) in [5.74, 6) is -1.82. The fourth-order valence-electron chi connectivity index (χ4n) is 2.27. The lowest BCUT2D eigenvalue weighted by Gasteiger charge is -2.32. The van der Waals surface area contributed by atoms with Gasteiger partial charge in [-0.05, 0) is 12.1 Å². The highest BCUT2D eigenvalue weighted by Crippen LogP contribution is 2.31. The van der Waals surface area contributed by atoms with E-state index in [1.165, 1.54) is 0 Å². The first-order valence-electron chi connectivity index (χ1n) is 5.98. The summed E-state index contributed by atoms with van der Waals surface area (Å²) in [4.78, 5) is 10.5. The van der Waals surface area contributed by atoms with Crippen LogP contribution in [0.2, 0.25) is 0 Å². The Labute approximate surface area is 103 Å². The number of anilines is 1. The molecule has 0 bridgehead atoms. The van der Waals surface area contributed by atoms with Gasteiger partial charge in [-0.25, -0.2) is 13.8 Å². The summed E-state index contributed by atoms with van der Waals surface area (Å²) in [6.45, 7) is 0.658. The smallest absolute Gasteiger partial charge is 0.251 e. The Balaban J connectivity index is 1.96. The van der Waals surface area contributed by atoms with Gasteiger partial charge in [0.15, 0.2) is 5.82 Å². The van der Waals surface area contributed by atoms with Crippen LogP contribution in [0, 0.1) is 0 Å². The molecule has 1 saturated heterocycles. The van der Waals surface area contributed by atoms with Gasteiger partial charge < -0.3 is 4.90 Å². The number of hydrogen-bond donors (Lipinski definition) is 0. The van der Waals surface area contributed by atoms with Crippen LogP contribution in [0.4, 0.5) is 14.6 Å². The largest absolute Gasteiger partial charge is 0.354 e. The van der Waals surface area contributed by atoms with E-state index in [1.807, 2.05) is 23.1 Å². The average Bonchev–Trinajstić information content (AvgIpc) is 2.38. The third kappa shape index (κ3) is 2.00. The molecular weight excluding hydrogens is 236 g/mol. The van der Waals surface area contributed by atoms with Crippen molar-refractivity contribution in [2.75, 3.05) is 18.0 Å². The van der Waals surface area contributed by atoms with Gasteiger partial charge in [-0.15, -0.1) is 0 Å². The molecule has 0 saturated carbocycles. The Morgan fingerprint density at radius 2 is 1.83 bits per heavy atom. The summed E-state index contributed by atoms with van der Waals surface area (Å²) < 4.78 is 26.3. The van der Waals surface area contributed by atoms with Gasteiger partial charge in [0, 0.05) is 43.7 Å². The van der Waals surface area contributed by atoms with E-state index in [0.717, 1.165) is 10.9 Å². The number of halogens is 2. The molecule has 0 atom stereocenters. The molecule has 0 spiro atoms. The van der Waals surface area contributed by atoms with Crippen molar-refractivity contribution >= 4 is 16.7 Å². The van der Waals surface area contributed by atoms with Crippen LogP contribution in [0.25, 0.3) is 10.9 Å². The molecule has 1 aliphatic rings. The molecule has 0 N–H and O–H groups in total. The number of hydrogen-bond acceptors (Lipinski definition) is 3. The van der Waals surface area contributed by atoms with Crippen LogP contribution in [0.3, 0.4) is 0 Å². The Bertz CT molecular complexity index is 556. The minimum atomic E-state index is -2.53. The number of alkyl halides is 2. The van der Waals surface area contributed by atoms with Crippen molar-refractivity contribution in [3.05, 3.63) is 30.6 Å². The lowest BCUT2D eigenvalue weighted by atomic mass is 10.1. The van der Waals surface area contributed by atoms with E-state index in [2.05, 4.69) is 9.97 Å². The number of nitrogens with zero attached hydrogens (tertiary/aromatic N) is 3. The summed E-state index contributed by atoms with van der Waals surface area (Å²) >= 11 is 0. The fourth-order valence-corrected chi connectivity index (χ4v) is 2.27. The molecule has 3 nitrogen and oxygen atoms in total. The molecule has 0 amide bonds. The second-order valence-electron chi connectivity index (χ2n) is 4.55. The standard InChI is InChI=1S/C13H13F2N3/c14-13(15)4-8-18(9-5-13)12-11-10(3-7-17-12)2-1-6-16-11/h1-3,6-7H,4-5,8-9H2. The Morgan fingerprint density at radius 1 is 1.06 bits per heavy atom. The first kappa shape index (κ1) is 11.3. The second kappa shape index (κ2) is 4.15. The Morgan fingerprint density at radius 3 is 2.61 bits per heavy atom. The van der Waals surface area contributed by atoms with Crippen molar-refractivity contribution < 1.29 is 8.78 Å². The first-order chi connectivity index (χ1) is 8.66. The van der Waals surface area contributed by atoms with Crippen molar-refractivity contribution in [3.63, 3.8) is 0 Å². The average molecular weight is 249 g/mol. The summed E-state index contributed by atoms with van der Waals surface area (Å²) in [7, 11) is 0. The van der Waals surface area contributed by atoms with Gasteiger partial charge in [-0.2, -0.15) is 0 Å². The van der Waals surface area contributed by atoms with Crippen LogP contribution in [0.5, 0.6) is 0 Å².